The predicted octanol–water partition coefficient (Wildman–Crippen LogP) is 3.90. The lowest BCUT2D eigenvalue weighted by Crippen LogP contribution is -2.26. The van der Waals surface area contributed by atoms with Crippen LogP contribution in [-0.4, -0.2) is 30.6 Å². The number of nitrogens with zero attached hydrogens (tertiary/aromatic N) is 2. The summed E-state index contributed by atoms with van der Waals surface area (Å²) in [4.78, 5) is 17.1. The number of sulfonamides is 1. The molecule has 0 bridgehead atoms. The molecule has 1 aliphatic rings. The SMILES string of the molecule is O=C(OCc1noc(-c2cccs2)n1)c1cc(S(=O)(=O)NC2CC2)c(Cl)cc1Cl. The number of thiophene rings is 1. The minimum atomic E-state index is -3.88. The molecule has 1 aromatic carbocycles. The molecule has 1 aliphatic carbocycles. The van der Waals surface area contributed by atoms with Gasteiger partial charge < -0.3 is 9.26 Å². The van der Waals surface area contributed by atoms with Crippen LogP contribution in [0.15, 0.2) is 39.1 Å². The number of ether oxygens (including phenoxy) is 1. The summed E-state index contributed by atoms with van der Waals surface area (Å²) >= 11 is 13.5. The third-order valence-electron chi connectivity index (χ3n) is 3.96. The Bertz CT molecular complexity index is 1160. The van der Waals surface area contributed by atoms with Crippen molar-refractivity contribution in [2.24, 2.45) is 0 Å². The van der Waals surface area contributed by atoms with E-state index in [1.54, 1.807) is 0 Å². The van der Waals surface area contributed by atoms with Gasteiger partial charge in [-0.25, -0.2) is 17.9 Å². The van der Waals surface area contributed by atoms with Crippen LogP contribution >= 0.6 is 34.5 Å². The van der Waals surface area contributed by atoms with Crippen molar-refractivity contribution in [1.29, 1.82) is 0 Å². The highest BCUT2D eigenvalue weighted by atomic mass is 35.5. The fourth-order valence-corrected chi connectivity index (χ4v) is 5.20. The van der Waals surface area contributed by atoms with E-state index in [-0.39, 0.29) is 39.0 Å². The Balaban J connectivity index is 1.50. The van der Waals surface area contributed by atoms with Crippen LogP contribution in [0, 0.1) is 0 Å². The van der Waals surface area contributed by atoms with Crippen LogP contribution in [0.3, 0.4) is 0 Å². The van der Waals surface area contributed by atoms with Gasteiger partial charge in [0.05, 0.1) is 20.5 Å². The lowest BCUT2D eigenvalue weighted by atomic mass is 10.2. The number of esters is 1. The Morgan fingerprint density at radius 1 is 1.31 bits per heavy atom. The van der Waals surface area contributed by atoms with E-state index in [1.807, 2.05) is 17.5 Å². The van der Waals surface area contributed by atoms with Crippen LogP contribution in [0.5, 0.6) is 0 Å². The van der Waals surface area contributed by atoms with E-state index in [4.69, 9.17) is 32.5 Å². The lowest BCUT2D eigenvalue weighted by molar-refractivity contribution is 0.0459. The molecule has 152 valence electrons. The Kier molecular flexibility index (Phi) is 5.63. The first kappa shape index (κ1) is 20.3. The average molecular weight is 474 g/mol. The molecule has 4 rings (SSSR count). The topological polar surface area (TPSA) is 111 Å². The Morgan fingerprint density at radius 2 is 2.10 bits per heavy atom. The van der Waals surface area contributed by atoms with Gasteiger partial charge >= 0.3 is 5.97 Å². The maximum Gasteiger partial charge on any atom is 0.340 e. The number of nitrogens with one attached hydrogen (secondary N) is 1. The van der Waals surface area contributed by atoms with E-state index in [0.29, 0.717) is 5.89 Å². The number of aromatic nitrogens is 2. The number of hydrogen-bond donors (Lipinski definition) is 1. The van der Waals surface area contributed by atoms with Crippen molar-refractivity contribution in [1.82, 2.24) is 14.9 Å². The first-order valence-corrected chi connectivity index (χ1v) is 11.5. The van der Waals surface area contributed by atoms with E-state index in [9.17, 15) is 13.2 Å². The maximum atomic E-state index is 12.5. The molecule has 0 radical (unpaired) electrons. The van der Waals surface area contributed by atoms with Crippen molar-refractivity contribution >= 4 is 50.5 Å². The second-order valence-corrected chi connectivity index (χ2v) is 9.67. The van der Waals surface area contributed by atoms with Gasteiger partial charge in [-0.3, -0.25) is 0 Å². The quantitative estimate of drug-likeness (QED) is 0.517. The molecule has 0 amide bonds. The molecule has 0 aliphatic heterocycles. The fraction of sp³-hybridized carbons (Fsp3) is 0.235. The van der Waals surface area contributed by atoms with Gasteiger partial charge in [-0.2, -0.15) is 4.98 Å². The molecule has 2 heterocycles. The molecule has 0 atom stereocenters. The van der Waals surface area contributed by atoms with Crippen LogP contribution in [0.4, 0.5) is 0 Å². The minimum absolute atomic E-state index is 0.0299. The summed E-state index contributed by atoms with van der Waals surface area (Å²) in [5.41, 5.74) is -0.130. The van der Waals surface area contributed by atoms with Crippen LogP contribution in [0.1, 0.15) is 29.0 Å². The van der Waals surface area contributed by atoms with Gasteiger partial charge in [0.2, 0.25) is 15.8 Å². The molecule has 29 heavy (non-hydrogen) atoms. The molecule has 8 nitrogen and oxygen atoms in total. The third kappa shape index (κ3) is 4.62. The van der Waals surface area contributed by atoms with Crippen molar-refractivity contribution in [2.45, 2.75) is 30.4 Å². The van der Waals surface area contributed by atoms with Crippen LogP contribution in [-0.2, 0) is 21.4 Å². The molecular weight excluding hydrogens is 461 g/mol. The summed E-state index contributed by atoms with van der Waals surface area (Å²) in [5, 5.41) is 5.51. The smallest absolute Gasteiger partial charge is 0.340 e. The minimum Gasteiger partial charge on any atom is -0.454 e. The number of hydrogen-bond acceptors (Lipinski definition) is 8. The number of rotatable bonds is 7. The molecule has 2 aromatic heterocycles. The second-order valence-electron chi connectivity index (χ2n) is 6.23. The number of benzene rings is 1. The summed E-state index contributed by atoms with van der Waals surface area (Å²) in [6, 6.07) is 5.85. The highest BCUT2D eigenvalue weighted by Crippen LogP contribution is 2.31. The van der Waals surface area contributed by atoms with Crippen molar-refractivity contribution in [3.63, 3.8) is 0 Å². The maximum absolute atomic E-state index is 12.5. The van der Waals surface area contributed by atoms with Gasteiger partial charge in [0.1, 0.15) is 4.90 Å². The van der Waals surface area contributed by atoms with Crippen molar-refractivity contribution < 1.29 is 22.5 Å². The summed E-state index contributed by atoms with van der Waals surface area (Å²) in [6.07, 6.45) is 1.52. The highest BCUT2D eigenvalue weighted by Gasteiger charge is 2.30. The number of carbonyl (C=O) groups is 1. The van der Waals surface area contributed by atoms with Gasteiger partial charge in [0, 0.05) is 6.04 Å². The molecule has 0 unspecified atom stereocenters. The Morgan fingerprint density at radius 3 is 2.79 bits per heavy atom. The van der Waals surface area contributed by atoms with Crippen molar-refractivity contribution in [2.75, 3.05) is 0 Å². The van der Waals surface area contributed by atoms with E-state index in [0.717, 1.165) is 23.8 Å². The zero-order valence-corrected chi connectivity index (χ0v) is 17.7. The van der Waals surface area contributed by atoms with Gasteiger partial charge in [-0.1, -0.05) is 34.4 Å². The van der Waals surface area contributed by atoms with E-state index < -0.39 is 16.0 Å². The highest BCUT2D eigenvalue weighted by molar-refractivity contribution is 7.89. The van der Waals surface area contributed by atoms with E-state index in [2.05, 4.69) is 14.9 Å². The lowest BCUT2D eigenvalue weighted by Gasteiger charge is -2.11. The van der Waals surface area contributed by atoms with Gasteiger partial charge in [-0.15, -0.1) is 11.3 Å². The molecule has 0 saturated heterocycles. The normalized spacial score (nSPS) is 14.1. The Labute approximate surface area is 179 Å². The van der Waals surface area contributed by atoms with Crippen LogP contribution in [0.2, 0.25) is 10.0 Å². The molecule has 1 saturated carbocycles. The molecule has 0 spiro atoms. The van der Waals surface area contributed by atoms with Gasteiger partial charge in [-0.05, 0) is 36.4 Å². The Hall–Kier alpha value is -1.98. The molecule has 3 aromatic rings. The molecule has 1 N–H and O–H groups in total. The fourth-order valence-electron chi connectivity index (χ4n) is 2.40. The summed E-state index contributed by atoms with van der Waals surface area (Å²) in [7, 11) is -3.88. The first-order chi connectivity index (χ1) is 13.8. The van der Waals surface area contributed by atoms with Crippen LogP contribution < -0.4 is 4.72 Å². The van der Waals surface area contributed by atoms with Crippen molar-refractivity contribution in [3.05, 3.63) is 51.1 Å². The molecule has 1 fully saturated rings. The number of halogens is 2. The zero-order valence-electron chi connectivity index (χ0n) is 14.6. The summed E-state index contributed by atoms with van der Waals surface area (Å²) in [5.74, 6) is -0.359. The van der Waals surface area contributed by atoms with Gasteiger partial charge in [0.15, 0.2) is 6.61 Å². The average Bonchev–Trinajstić information content (AvgIpc) is 3.12. The third-order valence-corrected chi connectivity index (χ3v) is 7.12. The zero-order chi connectivity index (χ0) is 20.6. The monoisotopic (exact) mass is 473 g/mol. The number of carbonyl (C=O) groups excluding carboxylic acids is 1. The first-order valence-electron chi connectivity index (χ1n) is 8.38. The van der Waals surface area contributed by atoms with Gasteiger partial charge in [0.25, 0.3) is 5.89 Å². The molecular formula is C17H13Cl2N3O5S2. The standard InChI is InChI=1S/C17H13Cl2N3O5S2/c18-11-7-12(19)14(29(24,25)22-9-3-4-9)6-10(11)17(23)26-8-15-20-16(27-21-15)13-2-1-5-28-13/h1-2,5-7,9,22H,3-4,8H2. The summed E-state index contributed by atoms with van der Waals surface area (Å²) in [6.45, 7) is -0.269. The molecule has 12 heteroatoms. The largest absolute Gasteiger partial charge is 0.454 e. The van der Waals surface area contributed by atoms with E-state index in [1.165, 1.54) is 17.4 Å². The predicted molar refractivity (Wildman–Crippen MR) is 107 cm³/mol. The van der Waals surface area contributed by atoms with Crippen LogP contribution in [0.25, 0.3) is 10.8 Å². The summed E-state index contributed by atoms with van der Waals surface area (Å²) < 4.78 is 37.7. The second kappa shape index (κ2) is 8.04. The van der Waals surface area contributed by atoms with E-state index >= 15 is 0 Å². The van der Waals surface area contributed by atoms with Crippen molar-refractivity contribution in [3.8, 4) is 10.8 Å².